The predicted octanol–water partition coefficient (Wildman–Crippen LogP) is 1.12. The van der Waals surface area contributed by atoms with Gasteiger partial charge in [-0.05, 0) is 31.5 Å². The molecular formula is C21H22N2O7-2. The fraction of sp³-hybridized carbons (Fsp3) is 0.333. The SMILES string of the molecule is CN(C(=O)[O-])c1cccc2c1OC(C)(C)C2.O=C([O-])NCc1ccc2c(c1)OOC2. The molecule has 9 nitrogen and oxygen atoms in total. The summed E-state index contributed by atoms with van der Waals surface area (Å²) in [5, 5.41) is 23.1. The van der Waals surface area contributed by atoms with Gasteiger partial charge in [-0.2, -0.15) is 4.89 Å². The lowest BCUT2D eigenvalue weighted by Crippen LogP contribution is -2.38. The Kier molecular flexibility index (Phi) is 6.02. The zero-order chi connectivity index (χ0) is 21.9. The molecule has 0 bridgehead atoms. The maximum absolute atomic E-state index is 10.8. The van der Waals surface area contributed by atoms with E-state index in [2.05, 4.69) is 5.32 Å². The molecule has 0 saturated heterocycles. The summed E-state index contributed by atoms with van der Waals surface area (Å²) in [6, 6.07) is 10.9. The minimum atomic E-state index is -1.29. The lowest BCUT2D eigenvalue weighted by atomic mass is 10.0. The second kappa shape index (κ2) is 8.50. The summed E-state index contributed by atoms with van der Waals surface area (Å²) in [6.45, 7) is 4.61. The number of fused-ring (bicyclic) bond motifs is 2. The number of carbonyl (C=O) groups excluding carboxylic acids is 2. The molecule has 0 fully saturated rings. The number of nitrogens with zero attached hydrogens (tertiary/aromatic N) is 1. The van der Waals surface area contributed by atoms with Gasteiger partial charge >= 0.3 is 0 Å². The van der Waals surface area contributed by atoms with E-state index in [4.69, 9.17) is 14.5 Å². The Labute approximate surface area is 173 Å². The summed E-state index contributed by atoms with van der Waals surface area (Å²) in [6.07, 6.45) is -1.73. The van der Waals surface area contributed by atoms with Gasteiger partial charge in [0.25, 0.3) is 0 Å². The Morgan fingerprint density at radius 1 is 1.17 bits per heavy atom. The molecule has 0 radical (unpaired) electrons. The Balaban J connectivity index is 0.000000172. The first-order chi connectivity index (χ1) is 14.2. The van der Waals surface area contributed by atoms with Crippen LogP contribution in [0.25, 0.3) is 0 Å². The van der Waals surface area contributed by atoms with Gasteiger partial charge in [-0.3, -0.25) is 0 Å². The quantitative estimate of drug-likeness (QED) is 0.747. The van der Waals surface area contributed by atoms with Gasteiger partial charge in [0.15, 0.2) is 5.75 Å². The van der Waals surface area contributed by atoms with Crippen molar-refractivity contribution in [2.45, 2.75) is 39.0 Å². The minimum Gasteiger partial charge on any atom is -0.530 e. The average Bonchev–Trinajstić information content (AvgIpc) is 3.27. The van der Waals surface area contributed by atoms with E-state index in [1.807, 2.05) is 38.1 Å². The van der Waals surface area contributed by atoms with E-state index in [0.717, 1.165) is 28.0 Å². The number of ether oxygens (including phenoxy) is 1. The van der Waals surface area contributed by atoms with Gasteiger partial charge in [0, 0.05) is 31.1 Å². The fourth-order valence-electron chi connectivity index (χ4n) is 3.20. The molecule has 2 aliphatic rings. The molecule has 30 heavy (non-hydrogen) atoms. The van der Waals surface area contributed by atoms with Crippen LogP contribution in [0.1, 0.15) is 30.5 Å². The smallest absolute Gasteiger partial charge is 0.171 e. The van der Waals surface area contributed by atoms with Crippen LogP contribution in [0.5, 0.6) is 11.5 Å². The van der Waals surface area contributed by atoms with E-state index in [1.54, 1.807) is 12.1 Å². The van der Waals surface area contributed by atoms with E-state index < -0.39 is 12.2 Å². The van der Waals surface area contributed by atoms with Crippen LogP contribution < -0.4 is 30.1 Å². The number of benzene rings is 2. The zero-order valence-corrected chi connectivity index (χ0v) is 16.9. The Bertz CT molecular complexity index is 958. The molecule has 0 unspecified atom stereocenters. The molecule has 0 spiro atoms. The lowest BCUT2D eigenvalue weighted by Gasteiger charge is -2.23. The van der Waals surface area contributed by atoms with Crippen LogP contribution in [0.3, 0.4) is 0 Å². The molecule has 2 amide bonds. The summed E-state index contributed by atoms with van der Waals surface area (Å²) >= 11 is 0. The number of hydrogen-bond donors (Lipinski definition) is 1. The van der Waals surface area contributed by atoms with Crippen LogP contribution in [-0.4, -0.2) is 24.8 Å². The van der Waals surface area contributed by atoms with Gasteiger partial charge < -0.3 is 39.6 Å². The molecule has 1 N–H and O–H groups in total. The topological polar surface area (TPSA) is 123 Å². The summed E-state index contributed by atoms with van der Waals surface area (Å²) in [7, 11) is 1.46. The molecule has 0 aliphatic carbocycles. The first-order valence-electron chi connectivity index (χ1n) is 9.28. The monoisotopic (exact) mass is 414 g/mol. The predicted molar refractivity (Wildman–Crippen MR) is 103 cm³/mol. The maximum atomic E-state index is 10.8. The van der Waals surface area contributed by atoms with Crippen molar-refractivity contribution in [3.8, 4) is 11.5 Å². The third-order valence-corrected chi connectivity index (χ3v) is 4.64. The van der Waals surface area contributed by atoms with E-state index in [0.29, 0.717) is 23.8 Å². The van der Waals surface area contributed by atoms with Gasteiger partial charge in [-0.25, -0.2) is 0 Å². The van der Waals surface area contributed by atoms with Crippen molar-refractivity contribution in [1.29, 1.82) is 0 Å². The van der Waals surface area contributed by atoms with Crippen LogP contribution in [0.15, 0.2) is 36.4 Å². The average molecular weight is 414 g/mol. The maximum Gasteiger partial charge on any atom is 0.171 e. The molecule has 0 atom stereocenters. The van der Waals surface area contributed by atoms with Crippen molar-refractivity contribution in [3.05, 3.63) is 53.1 Å². The van der Waals surface area contributed by atoms with Crippen molar-refractivity contribution in [2.24, 2.45) is 0 Å². The van der Waals surface area contributed by atoms with E-state index in [1.165, 1.54) is 7.05 Å². The number of amides is 2. The van der Waals surface area contributed by atoms with E-state index >= 15 is 0 Å². The highest BCUT2D eigenvalue weighted by Crippen LogP contribution is 2.41. The molecule has 2 heterocycles. The van der Waals surface area contributed by atoms with Gasteiger partial charge in [0.05, 0.1) is 5.69 Å². The fourth-order valence-corrected chi connectivity index (χ4v) is 3.20. The molecule has 2 aromatic carbocycles. The molecule has 4 rings (SSSR count). The molecule has 9 heteroatoms. The van der Waals surface area contributed by atoms with Crippen molar-refractivity contribution < 1.29 is 34.3 Å². The Morgan fingerprint density at radius 3 is 2.63 bits per heavy atom. The number of carbonyl (C=O) groups is 2. The third-order valence-electron chi connectivity index (χ3n) is 4.64. The second-order valence-electron chi connectivity index (χ2n) is 7.56. The lowest BCUT2D eigenvalue weighted by molar-refractivity contribution is -0.251. The molecule has 0 saturated carbocycles. The standard InChI is InChI=1S/C12H15NO3.C9H9NO4/c1-12(2)7-8-5-4-6-9(10(8)16-12)13(3)11(14)15;11-9(12)10-4-6-1-2-7-5-13-14-8(7)3-6/h4-6H,7H2,1-3H3,(H,14,15);1-3,10H,4-5H2,(H,11,12)/p-2. The summed E-state index contributed by atoms with van der Waals surface area (Å²) < 4.78 is 5.76. The molecular weight excluding hydrogens is 392 g/mol. The molecule has 160 valence electrons. The van der Waals surface area contributed by atoms with Crippen LogP contribution in [-0.2, 0) is 24.5 Å². The number of hydrogen-bond acceptors (Lipinski definition) is 7. The van der Waals surface area contributed by atoms with Crippen LogP contribution in [0.2, 0.25) is 0 Å². The van der Waals surface area contributed by atoms with E-state index in [-0.39, 0.29) is 12.1 Å². The van der Waals surface area contributed by atoms with Crippen LogP contribution >= 0.6 is 0 Å². The van der Waals surface area contributed by atoms with Crippen molar-refractivity contribution in [2.75, 3.05) is 11.9 Å². The number of carboxylic acid groups (broad SMARTS) is 2. The highest BCUT2D eigenvalue weighted by atomic mass is 17.2. The normalized spacial score (nSPS) is 14.9. The largest absolute Gasteiger partial charge is 0.530 e. The highest BCUT2D eigenvalue weighted by molar-refractivity contribution is 5.86. The molecule has 2 aliphatic heterocycles. The van der Waals surface area contributed by atoms with Crippen molar-refractivity contribution in [3.63, 3.8) is 0 Å². The van der Waals surface area contributed by atoms with Gasteiger partial charge in [0.1, 0.15) is 30.1 Å². The second-order valence-corrected chi connectivity index (χ2v) is 7.56. The zero-order valence-electron chi connectivity index (χ0n) is 16.9. The summed E-state index contributed by atoms with van der Waals surface area (Å²) in [5.74, 6) is 1.29. The summed E-state index contributed by atoms with van der Waals surface area (Å²) in [4.78, 5) is 31.6. The third kappa shape index (κ3) is 4.93. The van der Waals surface area contributed by atoms with Gasteiger partial charge in [-0.1, -0.05) is 24.3 Å². The van der Waals surface area contributed by atoms with E-state index in [9.17, 15) is 19.8 Å². The van der Waals surface area contributed by atoms with Crippen LogP contribution in [0, 0.1) is 0 Å². The van der Waals surface area contributed by atoms with Gasteiger partial charge in [0.2, 0.25) is 0 Å². The minimum absolute atomic E-state index is 0.207. The first kappa shape index (κ1) is 21.3. The van der Waals surface area contributed by atoms with Crippen molar-refractivity contribution in [1.82, 2.24) is 5.32 Å². The van der Waals surface area contributed by atoms with Gasteiger partial charge in [-0.15, -0.1) is 0 Å². The van der Waals surface area contributed by atoms with Crippen molar-refractivity contribution >= 4 is 17.9 Å². The number of anilines is 1. The number of rotatable bonds is 3. The Hall–Kier alpha value is -3.46. The highest BCUT2D eigenvalue weighted by Gasteiger charge is 2.32. The number of nitrogens with one attached hydrogen (secondary N) is 1. The number of para-hydroxylation sites is 1. The summed E-state index contributed by atoms with van der Waals surface area (Å²) in [5.41, 5.74) is 3.07. The first-order valence-corrected chi connectivity index (χ1v) is 9.28. The van der Waals surface area contributed by atoms with Crippen LogP contribution in [0.4, 0.5) is 15.3 Å². The molecule has 2 aromatic rings. The molecule has 0 aromatic heterocycles. The Morgan fingerprint density at radius 2 is 1.93 bits per heavy atom.